The molecule has 1 rings (SSSR count). The van der Waals surface area contributed by atoms with Gasteiger partial charge in [-0.2, -0.15) is 0 Å². The number of rotatable bonds is 4. The average molecular weight is 197 g/mol. The summed E-state index contributed by atoms with van der Waals surface area (Å²) < 4.78 is 0. The molecule has 0 aliphatic rings. The van der Waals surface area contributed by atoms with Crippen molar-refractivity contribution in [3.63, 3.8) is 0 Å². The second kappa shape index (κ2) is 4.87. The van der Waals surface area contributed by atoms with Crippen LogP contribution in [0.2, 0.25) is 0 Å². The Morgan fingerprint density at radius 2 is 2.08 bits per heavy atom. The lowest BCUT2D eigenvalue weighted by molar-refractivity contribution is -0.511. The van der Waals surface area contributed by atoms with Gasteiger partial charge < -0.3 is 0 Å². The molecule has 0 saturated carbocycles. The van der Waals surface area contributed by atoms with Crippen LogP contribution in [0.15, 0.2) is 35.2 Å². The minimum Gasteiger partial charge on any atom is -0.264 e. The lowest BCUT2D eigenvalue weighted by Gasteiger charge is -2.02. The van der Waals surface area contributed by atoms with E-state index in [0.717, 1.165) is 4.90 Å². The van der Waals surface area contributed by atoms with Gasteiger partial charge in [0.25, 0.3) is 0 Å². The van der Waals surface area contributed by atoms with Crippen LogP contribution < -0.4 is 0 Å². The Balaban J connectivity index is 2.39. The number of hydrogen-bond donors (Lipinski definition) is 0. The molecule has 0 bridgehead atoms. The fourth-order valence-electron chi connectivity index (χ4n) is 0.794. The minimum atomic E-state index is -0.481. The normalized spacial score (nSPS) is 12.4. The first kappa shape index (κ1) is 10.1. The molecule has 1 aromatic carbocycles. The highest BCUT2D eigenvalue weighted by Gasteiger charge is 2.12. The van der Waals surface area contributed by atoms with Crippen molar-refractivity contribution in [2.24, 2.45) is 0 Å². The number of thioether (sulfide) groups is 1. The van der Waals surface area contributed by atoms with Crippen molar-refractivity contribution in [3.8, 4) is 0 Å². The van der Waals surface area contributed by atoms with Gasteiger partial charge in [0.1, 0.15) is 0 Å². The van der Waals surface area contributed by atoms with E-state index >= 15 is 0 Å². The Kier molecular flexibility index (Phi) is 3.76. The summed E-state index contributed by atoms with van der Waals surface area (Å²) in [4.78, 5) is 11.1. The van der Waals surface area contributed by atoms with Crippen LogP contribution in [0.1, 0.15) is 6.92 Å². The maximum absolute atomic E-state index is 10.3. The summed E-state index contributed by atoms with van der Waals surface area (Å²) in [7, 11) is 0. The van der Waals surface area contributed by atoms with E-state index in [4.69, 9.17) is 0 Å². The Bertz CT molecular complexity index is 276. The highest BCUT2D eigenvalue weighted by atomic mass is 32.2. The van der Waals surface area contributed by atoms with Gasteiger partial charge in [0.05, 0.1) is 5.75 Å². The molecule has 0 aliphatic carbocycles. The molecule has 1 unspecified atom stereocenters. The van der Waals surface area contributed by atoms with E-state index in [9.17, 15) is 10.1 Å². The van der Waals surface area contributed by atoms with Crippen LogP contribution in [0.25, 0.3) is 0 Å². The molecule has 0 N–H and O–H groups in total. The number of hydrogen-bond acceptors (Lipinski definition) is 3. The average Bonchev–Trinajstić information content (AvgIpc) is 2.15. The third-order valence-corrected chi connectivity index (χ3v) is 2.85. The van der Waals surface area contributed by atoms with Crippen molar-refractivity contribution in [2.75, 3.05) is 5.75 Å². The van der Waals surface area contributed by atoms with E-state index in [1.54, 1.807) is 6.92 Å². The molecule has 0 aliphatic heterocycles. The predicted molar refractivity (Wildman–Crippen MR) is 53.6 cm³/mol. The van der Waals surface area contributed by atoms with Gasteiger partial charge in [-0.1, -0.05) is 18.2 Å². The number of nitrogens with zero attached hydrogens (tertiary/aromatic N) is 1. The molecule has 13 heavy (non-hydrogen) atoms. The third kappa shape index (κ3) is 3.46. The summed E-state index contributed by atoms with van der Waals surface area (Å²) in [5, 5.41) is 10.3. The van der Waals surface area contributed by atoms with Crippen LogP contribution >= 0.6 is 11.8 Å². The summed E-state index contributed by atoms with van der Waals surface area (Å²) in [5.74, 6) is 0.525. The van der Waals surface area contributed by atoms with Gasteiger partial charge in [0, 0.05) is 16.7 Å². The molecule has 0 spiro atoms. The lowest BCUT2D eigenvalue weighted by atomic mass is 10.4. The van der Waals surface area contributed by atoms with Crippen LogP contribution in [0.4, 0.5) is 0 Å². The predicted octanol–water partition coefficient (Wildman–Crippen LogP) is 2.44. The quantitative estimate of drug-likeness (QED) is 0.423. The molecule has 0 saturated heterocycles. The Hall–Kier alpha value is -1.03. The number of benzene rings is 1. The van der Waals surface area contributed by atoms with Crippen LogP contribution in [0.3, 0.4) is 0 Å². The summed E-state index contributed by atoms with van der Waals surface area (Å²) in [6.07, 6.45) is 0. The largest absolute Gasteiger partial charge is 0.264 e. The summed E-state index contributed by atoms with van der Waals surface area (Å²) in [6.45, 7) is 1.62. The van der Waals surface area contributed by atoms with Gasteiger partial charge in [0.2, 0.25) is 6.04 Å². The molecular weight excluding hydrogens is 186 g/mol. The Morgan fingerprint density at radius 1 is 1.46 bits per heavy atom. The number of nitro groups is 1. The second-order valence-corrected chi connectivity index (χ2v) is 3.85. The summed E-state index contributed by atoms with van der Waals surface area (Å²) in [5.41, 5.74) is 0. The zero-order chi connectivity index (χ0) is 9.68. The SMILES string of the molecule is CC(CSc1ccccc1)[N+](=O)[O-]. The first-order valence-electron chi connectivity index (χ1n) is 4.01. The van der Waals surface area contributed by atoms with E-state index in [0.29, 0.717) is 5.75 Å². The monoisotopic (exact) mass is 197 g/mol. The first-order valence-corrected chi connectivity index (χ1v) is 5.00. The lowest BCUT2D eigenvalue weighted by Crippen LogP contribution is -2.17. The molecule has 0 aromatic heterocycles. The van der Waals surface area contributed by atoms with Crippen molar-refractivity contribution >= 4 is 11.8 Å². The van der Waals surface area contributed by atoms with Crippen LogP contribution in [0, 0.1) is 10.1 Å². The summed E-state index contributed by atoms with van der Waals surface area (Å²) >= 11 is 1.52. The van der Waals surface area contributed by atoms with Gasteiger partial charge in [-0.3, -0.25) is 10.1 Å². The molecule has 3 nitrogen and oxygen atoms in total. The molecule has 70 valence electrons. The molecule has 0 heterocycles. The van der Waals surface area contributed by atoms with E-state index in [1.807, 2.05) is 30.3 Å². The van der Waals surface area contributed by atoms with Gasteiger partial charge in [0.15, 0.2) is 0 Å². The van der Waals surface area contributed by atoms with Crippen molar-refractivity contribution in [3.05, 3.63) is 40.4 Å². The molecule has 0 amide bonds. The highest BCUT2D eigenvalue weighted by Crippen LogP contribution is 2.18. The smallest absolute Gasteiger partial charge is 0.219 e. The molecule has 0 radical (unpaired) electrons. The van der Waals surface area contributed by atoms with E-state index in [1.165, 1.54) is 11.8 Å². The van der Waals surface area contributed by atoms with Gasteiger partial charge >= 0.3 is 0 Å². The maximum atomic E-state index is 10.3. The van der Waals surface area contributed by atoms with Crippen LogP contribution in [0.5, 0.6) is 0 Å². The topological polar surface area (TPSA) is 43.1 Å². The Morgan fingerprint density at radius 3 is 2.62 bits per heavy atom. The van der Waals surface area contributed by atoms with Gasteiger partial charge in [-0.05, 0) is 12.1 Å². The summed E-state index contributed by atoms with van der Waals surface area (Å²) in [6, 6.07) is 9.22. The third-order valence-electron chi connectivity index (χ3n) is 1.59. The van der Waals surface area contributed by atoms with Gasteiger partial charge in [-0.25, -0.2) is 0 Å². The van der Waals surface area contributed by atoms with E-state index < -0.39 is 6.04 Å². The molecule has 0 fully saturated rings. The van der Waals surface area contributed by atoms with Crippen molar-refractivity contribution in [1.29, 1.82) is 0 Å². The standard InChI is InChI=1S/C9H11NO2S/c1-8(10(11)12)7-13-9-5-3-2-4-6-9/h2-6,8H,7H2,1H3. The fourth-order valence-corrected chi connectivity index (χ4v) is 1.70. The first-order chi connectivity index (χ1) is 6.20. The highest BCUT2D eigenvalue weighted by molar-refractivity contribution is 7.99. The van der Waals surface area contributed by atoms with Crippen molar-refractivity contribution < 1.29 is 4.92 Å². The molecule has 1 atom stereocenters. The van der Waals surface area contributed by atoms with E-state index in [-0.39, 0.29) is 4.92 Å². The van der Waals surface area contributed by atoms with E-state index in [2.05, 4.69) is 0 Å². The van der Waals surface area contributed by atoms with Gasteiger partial charge in [-0.15, -0.1) is 11.8 Å². The van der Waals surface area contributed by atoms with Crippen molar-refractivity contribution in [2.45, 2.75) is 17.9 Å². The second-order valence-electron chi connectivity index (χ2n) is 2.76. The van der Waals surface area contributed by atoms with Crippen molar-refractivity contribution in [1.82, 2.24) is 0 Å². The van der Waals surface area contributed by atoms with Crippen LogP contribution in [-0.4, -0.2) is 16.7 Å². The molecular formula is C9H11NO2S. The molecule has 4 heteroatoms. The molecule has 1 aromatic rings. The zero-order valence-corrected chi connectivity index (χ0v) is 8.16. The maximum Gasteiger partial charge on any atom is 0.219 e. The minimum absolute atomic E-state index is 0.254. The zero-order valence-electron chi connectivity index (χ0n) is 7.34. The Labute approximate surface area is 81.3 Å². The van der Waals surface area contributed by atoms with Crippen LogP contribution in [-0.2, 0) is 0 Å². The fraction of sp³-hybridized carbons (Fsp3) is 0.333.